The zero-order valence-electron chi connectivity index (χ0n) is 12.0. The summed E-state index contributed by atoms with van der Waals surface area (Å²) in [5, 5.41) is 0. The first-order chi connectivity index (χ1) is 10.6. The minimum Gasteiger partial charge on any atom is -0.468 e. The van der Waals surface area contributed by atoms with Gasteiger partial charge in [-0.05, 0) is 30.9 Å². The van der Waals surface area contributed by atoms with E-state index < -0.39 is 39.0 Å². The lowest BCUT2D eigenvalue weighted by molar-refractivity contribution is -0.275. The minimum absolute atomic E-state index is 0.229. The molecule has 1 unspecified atom stereocenters. The van der Waals surface area contributed by atoms with Crippen molar-refractivity contribution in [3.63, 3.8) is 0 Å². The summed E-state index contributed by atoms with van der Waals surface area (Å²) in [4.78, 5) is 11.0. The van der Waals surface area contributed by atoms with Crippen LogP contribution in [-0.4, -0.2) is 33.9 Å². The number of ether oxygens (including phenoxy) is 2. The lowest BCUT2D eigenvalue weighted by Gasteiger charge is -2.18. The molecule has 1 fully saturated rings. The first kappa shape index (κ1) is 17.5. The van der Waals surface area contributed by atoms with Gasteiger partial charge in [0.25, 0.3) is 0 Å². The van der Waals surface area contributed by atoms with E-state index in [1.165, 1.54) is 12.1 Å². The molecule has 1 aliphatic rings. The molecule has 0 spiro atoms. The van der Waals surface area contributed by atoms with Crippen LogP contribution in [0.5, 0.6) is 5.75 Å². The number of hydrogen-bond acceptors (Lipinski definition) is 5. The summed E-state index contributed by atoms with van der Waals surface area (Å²) in [7, 11) is -3.29. The maximum absolute atomic E-state index is 12.4. The van der Waals surface area contributed by atoms with Crippen molar-refractivity contribution in [2.24, 2.45) is 5.92 Å². The summed E-state index contributed by atoms with van der Waals surface area (Å²) < 4.78 is 72.2. The highest BCUT2D eigenvalue weighted by molar-refractivity contribution is 7.89. The molecule has 0 heterocycles. The molecule has 2 rings (SSSR count). The van der Waals surface area contributed by atoms with Crippen LogP contribution in [0, 0.1) is 5.92 Å². The van der Waals surface area contributed by atoms with Crippen LogP contribution in [0.1, 0.15) is 12.8 Å². The van der Waals surface area contributed by atoms with E-state index in [1.807, 2.05) is 0 Å². The Morgan fingerprint density at radius 2 is 1.91 bits per heavy atom. The molecule has 1 atom stereocenters. The Balaban J connectivity index is 2.30. The number of sulfonamides is 1. The van der Waals surface area contributed by atoms with Gasteiger partial charge in [0, 0.05) is 0 Å². The third-order valence-electron chi connectivity index (χ3n) is 3.20. The van der Waals surface area contributed by atoms with Gasteiger partial charge < -0.3 is 9.47 Å². The molecule has 0 aromatic heterocycles. The van der Waals surface area contributed by atoms with E-state index >= 15 is 0 Å². The molecule has 23 heavy (non-hydrogen) atoms. The number of hydrogen-bond donors (Lipinski definition) is 1. The number of rotatable bonds is 6. The zero-order valence-corrected chi connectivity index (χ0v) is 12.8. The van der Waals surface area contributed by atoms with Crippen molar-refractivity contribution < 1.29 is 35.9 Å². The standard InChI is InChI=1S/C13H14F3NO5S/c1-21-12(18)11(8-6-7-8)17-23(19,20)10-5-3-2-4-9(10)22-13(14,15)16/h2-5,8,11,17H,6-7H2,1H3. The number of esters is 1. The van der Waals surface area contributed by atoms with Gasteiger partial charge in [-0.25, -0.2) is 8.42 Å². The first-order valence-electron chi connectivity index (χ1n) is 6.59. The van der Waals surface area contributed by atoms with Crippen LogP contribution in [0.2, 0.25) is 0 Å². The second-order valence-corrected chi connectivity index (χ2v) is 6.64. The number of carbonyl (C=O) groups excluding carboxylic acids is 1. The van der Waals surface area contributed by atoms with E-state index in [9.17, 15) is 26.4 Å². The summed E-state index contributed by atoms with van der Waals surface area (Å²) in [5.74, 6) is -1.88. The molecule has 1 saturated carbocycles. The van der Waals surface area contributed by atoms with Gasteiger partial charge in [-0.3, -0.25) is 4.79 Å². The topological polar surface area (TPSA) is 81.7 Å². The molecule has 128 valence electrons. The van der Waals surface area contributed by atoms with Crippen LogP contribution in [0.3, 0.4) is 0 Å². The van der Waals surface area contributed by atoms with E-state index in [1.54, 1.807) is 0 Å². The van der Waals surface area contributed by atoms with Gasteiger partial charge in [-0.2, -0.15) is 4.72 Å². The monoisotopic (exact) mass is 353 g/mol. The lowest BCUT2D eigenvalue weighted by atomic mass is 10.2. The number of alkyl halides is 3. The summed E-state index contributed by atoms with van der Waals surface area (Å²) in [6, 6.07) is 3.17. The van der Waals surface area contributed by atoms with E-state index in [4.69, 9.17) is 0 Å². The molecule has 0 bridgehead atoms. The smallest absolute Gasteiger partial charge is 0.468 e. The Morgan fingerprint density at radius 1 is 1.30 bits per heavy atom. The number of para-hydroxylation sites is 1. The molecule has 1 aromatic rings. The molecule has 1 aromatic carbocycles. The van der Waals surface area contributed by atoms with Crippen molar-refractivity contribution in [3.05, 3.63) is 24.3 Å². The van der Waals surface area contributed by atoms with E-state index in [0.29, 0.717) is 12.8 Å². The summed E-state index contributed by atoms with van der Waals surface area (Å²) in [6.07, 6.45) is -3.78. The average molecular weight is 353 g/mol. The van der Waals surface area contributed by atoms with Crippen LogP contribution < -0.4 is 9.46 Å². The van der Waals surface area contributed by atoms with Crippen molar-refractivity contribution in [1.29, 1.82) is 0 Å². The van der Waals surface area contributed by atoms with Crippen LogP contribution in [0.4, 0.5) is 13.2 Å². The molecule has 0 radical (unpaired) electrons. The highest BCUT2D eigenvalue weighted by Crippen LogP contribution is 2.35. The number of halogens is 3. The fourth-order valence-corrected chi connectivity index (χ4v) is 3.39. The quantitative estimate of drug-likeness (QED) is 0.789. The fourth-order valence-electron chi connectivity index (χ4n) is 2.01. The van der Waals surface area contributed by atoms with Gasteiger partial charge in [0.1, 0.15) is 16.7 Å². The summed E-state index contributed by atoms with van der Waals surface area (Å²) >= 11 is 0. The molecule has 0 amide bonds. The normalized spacial score (nSPS) is 16.7. The van der Waals surface area contributed by atoms with Crippen molar-refractivity contribution >= 4 is 16.0 Å². The molecule has 10 heteroatoms. The van der Waals surface area contributed by atoms with Gasteiger partial charge in [-0.15, -0.1) is 13.2 Å². The number of nitrogens with one attached hydrogen (secondary N) is 1. The third-order valence-corrected chi connectivity index (χ3v) is 4.68. The maximum atomic E-state index is 12.4. The highest BCUT2D eigenvalue weighted by Gasteiger charge is 2.41. The Labute approximate surface area is 130 Å². The second-order valence-electron chi connectivity index (χ2n) is 4.95. The number of methoxy groups -OCH3 is 1. The fraction of sp³-hybridized carbons (Fsp3) is 0.462. The van der Waals surface area contributed by atoms with Gasteiger partial charge >= 0.3 is 12.3 Å². The maximum Gasteiger partial charge on any atom is 0.573 e. The van der Waals surface area contributed by atoms with E-state index in [0.717, 1.165) is 19.2 Å². The number of carbonyl (C=O) groups is 1. The van der Waals surface area contributed by atoms with Crippen LogP contribution in [0.25, 0.3) is 0 Å². The van der Waals surface area contributed by atoms with Crippen molar-refractivity contribution in [1.82, 2.24) is 4.72 Å². The largest absolute Gasteiger partial charge is 0.573 e. The van der Waals surface area contributed by atoms with Gasteiger partial charge in [0.2, 0.25) is 10.0 Å². The van der Waals surface area contributed by atoms with Gasteiger partial charge in [-0.1, -0.05) is 12.1 Å². The summed E-state index contributed by atoms with van der Waals surface area (Å²) in [5.41, 5.74) is 0. The van der Waals surface area contributed by atoms with Crippen LogP contribution >= 0.6 is 0 Å². The molecule has 0 saturated heterocycles. The zero-order chi connectivity index (χ0) is 17.3. The van der Waals surface area contributed by atoms with E-state index in [2.05, 4.69) is 14.2 Å². The molecular weight excluding hydrogens is 339 g/mol. The minimum atomic E-state index is -5.04. The van der Waals surface area contributed by atoms with Crippen molar-refractivity contribution in [3.8, 4) is 5.75 Å². The van der Waals surface area contributed by atoms with Crippen LogP contribution in [-0.2, 0) is 19.6 Å². The third kappa shape index (κ3) is 4.58. The van der Waals surface area contributed by atoms with Crippen LogP contribution in [0.15, 0.2) is 29.2 Å². The second kappa shape index (κ2) is 6.36. The highest BCUT2D eigenvalue weighted by atomic mass is 32.2. The van der Waals surface area contributed by atoms with Gasteiger partial charge in [0.05, 0.1) is 7.11 Å². The SMILES string of the molecule is COC(=O)C(NS(=O)(=O)c1ccccc1OC(F)(F)F)C1CC1. The van der Waals surface area contributed by atoms with Crippen molar-refractivity contribution in [2.75, 3.05) is 7.11 Å². The Hall–Kier alpha value is -1.81. The molecule has 1 aliphatic carbocycles. The Morgan fingerprint density at radius 3 is 2.43 bits per heavy atom. The molecule has 0 aliphatic heterocycles. The average Bonchev–Trinajstić information content (AvgIpc) is 3.27. The summed E-state index contributed by atoms with van der Waals surface area (Å²) in [6.45, 7) is 0. The van der Waals surface area contributed by atoms with E-state index in [-0.39, 0.29) is 5.92 Å². The lowest BCUT2D eigenvalue weighted by Crippen LogP contribution is -2.43. The Bertz CT molecular complexity index is 685. The van der Waals surface area contributed by atoms with Crippen molar-refractivity contribution in [2.45, 2.75) is 30.1 Å². The first-order valence-corrected chi connectivity index (χ1v) is 8.07. The number of benzene rings is 1. The van der Waals surface area contributed by atoms with Gasteiger partial charge in [0.15, 0.2) is 0 Å². The molecule has 1 N–H and O–H groups in total. The molecule has 6 nitrogen and oxygen atoms in total. The Kier molecular flexibility index (Phi) is 4.85. The molecular formula is C13H14F3NO5S. The predicted molar refractivity (Wildman–Crippen MR) is 72.0 cm³/mol. The predicted octanol–water partition coefficient (Wildman–Crippen LogP) is 1.82.